The Hall–Kier alpha value is -5.25. The molecule has 0 unspecified atom stereocenters. The van der Waals surface area contributed by atoms with Crippen molar-refractivity contribution in [1.82, 2.24) is 15.0 Å². The van der Waals surface area contributed by atoms with Gasteiger partial charge in [0.25, 0.3) is 5.91 Å². The van der Waals surface area contributed by atoms with E-state index in [1.165, 1.54) is 11.1 Å². The molecule has 4 aromatic carbocycles. The highest BCUT2D eigenvalue weighted by atomic mass is 16.7. The van der Waals surface area contributed by atoms with Crippen molar-refractivity contribution in [2.45, 2.75) is 53.4 Å². The summed E-state index contributed by atoms with van der Waals surface area (Å²) in [6.07, 6.45) is -0.0981. The number of aromatic amines is 1. The Kier molecular flexibility index (Phi) is 9.17. The second-order valence-electron chi connectivity index (χ2n) is 12.7. The Morgan fingerprint density at radius 3 is 2.38 bits per heavy atom. The molecule has 1 aliphatic heterocycles. The second kappa shape index (κ2) is 13.5. The molecule has 9 nitrogen and oxygen atoms in total. The number of amides is 1. The lowest BCUT2D eigenvalue weighted by atomic mass is 10.0. The van der Waals surface area contributed by atoms with E-state index in [0.29, 0.717) is 24.6 Å². The zero-order chi connectivity index (χ0) is 34.0. The van der Waals surface area contributed by atoms with Crippen molar-refractivity contribution in [3.63, 3.8) is 0 Å². The minimum absolute atomic E-state index is 0.0981. The number of hydrogen-bond donors (Lipinski definition) is 3. The second-order valence-corrected chi connectivity index (χ2v) is 12.7. The van der Waals surface area contributed by atoms with Crippen LogP contribution in [-0.4, -0.2) is 46.0 Å². The van der Waals surface area contributed by atoms with Gasteiger partial charge < -0.3 is 30.2 Å². The maximum absolute atomic E-state index is 13.0. The van der Waals surface area contributed by atoms with Gasteiger partial charge in [0.05, 0.1) is 23.2 Å². The van der Waals surface area contributed by atoms with E-state index in [4.69, 9.17) is 24.9 Å². The van der Waals surface area contributed by atoms with Gasteiger partial charge in [0.2, 0.25) is 0 Å². The van der Waals surface area contributed by atoms with Crippen molar-refractivity contribution in [3.05, 3.63) is 113 Å². The summed E-state index contributed by atoms with van der Waals surface area (Å²) in [5.41, 5.74) is 14.9. The molecule has 0 spiro atoms. The van der Waals surface area contributed by atoms with E-state index in [0.717, 1.165) is 55.9 Å². The fourth-order valence-corrected chi connectivity index (χ4v) is 5.77. The normalized spacial score (nSPS) is 15.2. The van der Waals surface area contributed by atoms with Crippen LogP contribution in [0.15, 0.2) is 84.9 Å². The van der Waals surface area contributed by atoms with Crippen LogP contribution in [0.4, 0.5) is 11.5 Å². The van der Waals surface area contributed by atoms with Gasteiger partial charge in [-0.05, 0) is 124 Å². The van der Waals surface area contributed by atoms with Crippen LogP contribution >= 0.6 is 0 Å². The highest BCUT2D eigenvalue weighted by molar-refractivity contribution is 6.06. The number of rotatable bonds is 6. The number of carbonyl (C=O) groups excluding carboxylic acids is 1. The van der Waals surface area contributed by atoms with Gasteiger partial charge in [-0.1, -0.05) is 24.3 Å². The van der Waals surface area contributed by atoms with Gasteiger partial charge in [-0.3, -0.25) is 4.79 Å². The number of nitrogens with two attached hydrogens (primary N) is 1. The third-order valence-corrected chi connectivity index (χ3v) is 8.36. The summed E-state index contributed by atoms with van der Waals surface area (Å²) in [6.45, 7) is 13.0. The lowest BCUT2D eigenvalue weighted by molar-refractivity contribution is -0.141. The lowest BCUT2D eigenvalue weighted by Crippen LogP contribution is -2.25. The molecule has 2 aromatic heterocycles. The first kappa shape index (κ1) is 32.7. The Labute approximate surface area is 280 Å². The Bertz CT molecular complexity index is 2100. The zero-order valence-electron chi connectivity index (χ0n) is 28.2. The first-order valence-corrected chi connectivity index (χ1v) is 16.0. The number of nitrogens with one attached hydrogen (secondary N) is 2. The number of H-pyrrole nitrogens is 1. The van der Waals surface area contributed by atoms with Crippen molar-refractivity contribution in [1.29, 1.82) is 0 Å². The number of aromatic nitrogens is 3. The molecule has 3 heterocycles. The summed E-state index contributed by atoms with van der Waals surface area (Å²) in [7, 11) is 0. The van der Waals surface area contributed by atoms with Gasteiger partial charge in [-0.2, -0.15) is 0 Å². The van der Waals surface area contributed by atoms with Crippen molar-refractivity contribution < 1.29 is 19.0 Å². The highest BCUT2D eigenvalue weighted by Gasteiger charge is 2.33. The van der Waals surface area contributed by atoms with Gasteiger partial charge in [-0.15, -0.1) is 0 Å². The van der Waals surface area contributed by atoms with E-state index in [2.05, 4.69) is 29.1 Å². The molecule has 1 aliphatic rings. The highest BCUT2D eigenvalue weighted by Crippen LogP contribution is 2.32. The third kappa shape index (κ3) is 7.48. The van der Waals surface area contributed by atoms with Crippen molar-refractivity contribution in [3.8, 4) is 17.1 Å². The van der Waals surface area contributed by atoms with E-state index in [9.17, 15) is 4.79 Å². The van der Waals surface area contributed by atoms with Gasteiger partial charge in [0.15, 0.2) is 5.79 Å². The average Bonchev–Trinajstić information content (AvgIpc) is 3.63. The van der Waals surface area contributed by atoms with Crippen LogP contribution in [0.5, 0.6) is 5.75 Å². The Morgan fingerprint density at radius 2 is 1.67 bits per heavy atom. The number of anilines is 2. The summed E-state index contributed by atoms with van der Waals surface area (Å²) in [4.78, 5) is 25.7. The number of benzene rings is 4. The minimum atomic E-state index is -0.571. The summed E-state index contributed by atoms with van der Waals surface area (Å²) in [5.74, 6) is 1.23. The van der Waals surface area contributed by atoms with E-state index >= 15 is 0 Å². The van der Waals surface area contributed by atoms with Gasteiger partial charge >= 0.3 is 0 Å². The largest absolute Gasteiger partial charge is 0.491 e. The van der Waals surface area contributed by atoms with E-state index < -0.39 is 5.79 Å². The fraction of sp³-hybridized carbons (Fsp3) is 0.256. The van der Waals surface area contributed by atoms with Crippen LogP contribution in [0.2, 0.25) is 0 Å². The van der Waals surface area contributed by atoms with Crippen molar-refractivity contribution in [2.24, 2.45) is 0 Å². The van der Waals surface area contributed by atoms with Crippen LogP contribution in [0.1, 0.15) is 46.5 Å². The molecule has 1 amide bonds. The molecule has 246 valence electrons. The van der Waals surface area contributed by atoms with E-state index in [-0.39, 0.29) is 12.0 Å². The molecule has 1 atom stereocenters. The lowest BCUT2D eigenvalue weighted by Gasteiger charge is -2.18. The first-order chi connectivity index (χ1) is 22.9. The van der Waals surface area contributed by atoms with Crippen LogP contribution in [0.25, 0.3) is 33.3 Å². The summed E-state index contributed by atoms with van der Waals surface area (Å²) < 4.78 is 17.5. The molecule has 0 bridgehead atoms. The smallest absolute Gasteiger partial charge is 0.256 e. The van der Waals surface area contributed by atoms with Gasteiger partial charge in [-0.25, -0.2) is 9.97 Å². The summed E-state index contributed by atoms with van der Waals surface area (Å²) in [6, 6.07) is 26.9. The first-order valence-electron chi connectivity index (χ1n) is 16.0. The van der Waals surface area contributed by atoms with E-state index in [1.807, 2.05) is 100 Å². The van der Waals surface area contributed by atoms with Crippen LogP contribution in [0.3, 0.4) is 0 Å². The molecular formula is C39H41N5O4. The van der Waals surface area contributed by atoms with Gasteiger partial charge in [0.1, 0.15) is 30.1 Å². The molecule has 4 N–H and O–H groups in total. The van der Waals surface area contributed by atoms with E-state index in [1.54, 1.807) is 12.1 Å². The quantitative estimate of drug-likeness (QED) is 0.157. The van der Waals surface area contributed by atoms with Crippen LogP contribution in [-0.2, 0) is 9.47 Å². The fourth-order valence-electron chi connectivity index (χ4n) is 5.77. The Balaban J connectivity index is 0.000000388. The SMILES string of the molecule is Cc1cc(OC[C@@H]2COC(C)(C)O2)cc(C)c1-c1nc2ccc(C(=O)Nc3ccc4ccccc4n3)cc2[nH]1.Cc1ccc(N)cc1C. The van der Waals surface area contributed by atoms with Crippen LogP contribution in [0, 0.1) is 27.7 Å². The predicted octanol–water partition coefficient (Wildman–Crippen LogP) is 8.06. The number of nitrogens with zero attached hydrogens (tertiary/aromatic N) is 2. The summed E-state index contributed by atoms with van der Waals surface area (Å²) >= 11 is 0. The number of aryl methyl sites for hydroxylation is 4. The molecule has 1 saturated heterocycles. The average molecular weight is 644 g/mol. The molecule has 7 rings (SSSR count). The van der Waals surface area contributed by atoms with Crippen LogP contribution < -0.4 is 15.8 Å². The molecule has 0 saturated carbocycles. The number of carbonyl (C=O) groups is 1. The summed E-state index contributed by atoms with van der Waals surface area (Å²) in [5, 5.41) is 3.92. The number of imidazole rings is 1. The Morgan fingerprint density at radius 1 is 0.896 bits per heavy atom. The number of ether oxygens (including phenoxy) is 3. The number of nitrogen functional groups attached to an aromatic ring is 1. The zero-order valence-corrected chi connectivity index (χ0v) is 28.2. The standard InChI is InChI=1S/C31H30N4O4.C8H11N/c1-18-13-22(37-16-23-17-38-31(3,4)39-23)14-19(2)28(18)29-33-25-11-9-21(15-26(25)34-29)30(36)35-27-12-10-20-7-5-6-8-24(20)32-27;1-6-3-4-8(9)5-7(6)2/h5-15,23H,16-17H2,1-4H3,(H,33,34)(H,32,35,36);3-5H,9H2,1-2H3/t23-;/m1./s1. The van der Waals surface area contributed by atoms with Gasteiger partial charge in [0, 0.05) is 22.2 Å². The maximum atomic E-state index is 13.0. The number of pyridine rings is 1. The topological polar surface area (TPSA) is 124 Å². The maximum Gasteiger partial charge on any atom is 0.256 e. The third-order valence-electron chi connectivity index (χ3n) is 8.36. The van der Waals surface area contributed by atoms with Crippen molar-refractivity contribution >= 4 is 39.3 Å². The molecule has 1 fully saturated rings. The molecule has 6 aromatic rings. The monoisotopic (exact) mass is 643 g/mol. The number of fused-ring (bicyclic) bond motifs is 2. The molecule has 48 heavy (non-hydrogen) atoms. The minimum Gasteiger partial charge on any atom is -0.491 e. The molecular weight excluding hydrogens is 602 g/mol. The van der Waals surface area contributed by atoms with Crippen molar-refractivity contribution in [2.75, 3.05) is 24.3 Å². The molecule has 0 radical (unpaired) electrons. The predicted molar refractivity (Wildman–Crippen MR) is 191 cm³/mol. The molecule has 9 heteroatoms. The molecule has 0 aliphatic carbocycles. The number of para-hydroxylation sites is 1. The number of hydrogen-bond acceptors (Lipinski definition) is 7.